The van der Waals surface area contributed by atoms with Crippen molar-refractivity contribution in [2.75, 3.05) is 13.2 Å². The van der Waals surface area contributed by atoms with Crippen molar-refractivity contribution in [3.63, 3.8) is 0 Å². The van der Waals surface area contributed by atoms with Gasteiger partial charge in [-0.1, -0.05) is 48.5 Å². The number of ether oxygens (including phenoxy) is 6. The standard InChI is InChI=1S/C33H38N2O13/c1-16(27(31(40)41)35-33(42)44-14-25-23-12-8-6-10-21(23)22-11-7-9-13-24(22)25)45-32-28(34-17(2)36)30(47-20(5)39)29(46-19(4)38)26(48-32)15-43-18(3)37/h6-13,16,25-30,32H,14-15H2,1-5H3,(H,34,36)(H,35,42)(H,40,41)/t16-,26-,27+,28-,29+,30-,32?/m1/s1. The highest BCUT2D eigenvalue weighted by Crippen LogP contribution is 2.44. The van der Waals surface area contributed by atoms with Crippen LogP contribution in [-0.4, -0.2) is 97.0 Å². The Morgan fingerprint density at radius 2 is 1.35 bits per heavy atom. The molecule has 1 unspecified atom stereocenters. The molecule has 0 spiro atoms. The molecule has 0 bridgehead atoms. The van der Waals surface area contributed by atoms with Crippen LogP contribution >= 0.6 is 0 Å². The average Bonchev–Trinajstić information content (AvgIpc) is 3.33. The maximum atomic E-state index is 13.0. The van der Waals surface area contributed by atoms with Crippen LogP contribution in [0.2, 0.25) is 0 Å². The summed E-state index contributed by atoms with van der Waals surface area (Å²) >= 11 is 0. The predicted octanol–water partition coefficient (Wildman–Crippen LogP) is 2.04. The monoisotopic (exact) mass is 670 g/mol. The van der Waals surface area contributed by atoms with Crippen LogP contribution in [0.1, 0.15) is 51.7 Å². The topological polar surface area (TPSA) is 202 Å². The second kappa shape index (κ2) is 15.7. The number of nitrogens with one attached hydrogen (secondary N) is 2. The third-order valence-electron chi connectivity index (χ3n) is 7.77. The third kappa shape index (κ3) is 8.66. The minimum absolute atomic E-state index is 0.0722. The van der Waals surface area contributed by atoms with Gasteiger partial charge in [-0.25, -0.2) is 9.59 Å². The maximum absolute atomic E-state index is 13.0. The van der Waals surface area contributed by atoms with Gasteiger partial charge in [-0.05, 0) is 29.2 Å². The molecule has 1 aliphatic heterocycles. The lowest BCUT2D eigenvalue weighted by Gasteiger charge is -2.45. The van der Waals surface area contributed by atoms with Crippen molar-refractivity contribution < 1.29 is 62.3 Å². The first-order chi connectivity index (χ1) is 22.8. The zero-order valence-corrected chi connectivity index (χ0v) is 27.0. The van der Waals surface area contributed by atoms with Crippen molar-refractivity contribution in [2.24, 2.45) is 0 Å². The second-order valence-electron chi connectivity index (χ2n) is 11.3. The van der Waals surface area contributed by atoms with Crippen molar-refractivity contribution >= 4 is 35.9 Å². The van der Waals surface area contributed by atoms with Gasteiger partial charge in [-0.3, -0.25) is 19.2 Å². The molecule has 0 aromatic heterocycles. The van der Waals surface area contributed by atoms with E-state index in [2.05, 4.69) is 10.6 Å². The zero-order chi connectivity index (χ0) is 35.1. The Hall–Kier alpha value is -5.02. The number of aliphatic carboxylic acids is 1. The first kappa shape index (κ1) is 35.8. The number of carboxylic acids is 1. The van der Waals surface area contributed by atoms with Gasteiger partial charge in [-0.2, -0.15) is 0 Å². The molecule has 3 N–H and O–H groups in total. The van der Waals surface area contributed by atoms with Crippen molar-refractivity contribution in [1.29, 1.82) is 0 Å². The summed E-state index contributed by atoms with van der Waals surface area (Å²) in [6, 6.07) is 12.4. The molecule has 2 aliphatic rings. The van der Waals surface area contributed by atoms with E-state index in [4.69, 9.17) is 28.4 Å². The van der Waals surface area contributed by atoms with Gasteiger partial charge in [0.05, 0.1) is 6.10 Å². The summed E-state index contributed by atoms with van der Waals surface area (Å²) < 4.78 is 33.2. The highest BCUT2D eigenvalue weighted by atomic mass is 16.7. The van der Waals surface area contributed by atoms with Crippen LogP contribution < -0.4 is 10.6 Å². The number of hydrogen-bond donors (Lipinski definition) is 3. The van der Waals surface area contributed by atoms with Gasteiger partial charge in [0.2, 0.25) is 5.91 Å². The summed E-state index contributed by atoms with van der Waals surface area (Å²) in [5, 5.41) is 14.9. The van der Waals surface area contributed by atoms with E-state index in [0.29, 0.717) is 0 Å². The van der Waals surface area contributed by atoms with E-state index < -0.39 is 85.3 Å². The molecule has 4 rings (SSSR count). The van der Waals surface area contributed by atoms with Crippen molar-refractivity contribution in [2.45, 2.75) is 83.3 Å². The average molecular weight is 671 g/mol. The largest absolute Gasteiger partial charge is 0.480 e. The smallest absolute Gasteiger partial charge is 0.407 e. The Labute approximate surface area is 276 Å². The van der Waals surface area contributed by atoms with Gasteiger partial charge >= 0.3 is 30.0 Å². The fourth-order valence-corrected chi connectivity index (χ4v) is 5.84. The summed E-state index contributed by atoms with van der Waals surface area (Å²) in [5.74, 6) is -4.67. The Morgan fingerprint density at radius 3 is 1.88 bits per heavy atom. The first-order valence-corrected chi connectivity index (χ1v) is 15.2. The minimum atomic E-state index is -1.69. The number of rotatable bonds is 12. The summed E-state index contributed by atoms with van der Waals surface area (Å²) in [7, 11) is 0. The van der Waals surface area contributed by atoms with Gasteiger partial charge in [-0.15, -0.1) is 0 Å². The van der Waals surface area contributed by atoms with E-state index in [0.717, 1.165) is 49.9 Å². The highest BCUT2D eigenvalue weighted by molar-refractivity contribution is 5.81. The van der Waals surface area contributed by atoms with Crippen LogP contribution in [0, 0.1) is 0 Å². The number of alkyl carbamates (subject to hydrolysis) is 1. The van der Waals surface area contributed by atoms with Gasteiger partial charge in [0, 0.05) is 33.6 Å². The maximum Gasteiger partial charge on any atom is 0.407 e. The number of hydrogen-bond acceptors (Lipinski definition) is 12. The van der Waals surface area contributed by atoms with Crippen molar-refractivity contribution in [3.05, 3.63) is 59.7 Å². The lowest BCUT2D eigenvalue weighted by atomic mass is 9.95. The molecular weight excluding hydrogens is 632 g/mol. The molecule has 0 radical (unpaired) electrons. The Balaban J connectivity index is 1.52. The molecule has 48 heavy (non-hydrogen) atoms. The highest BCUT2D eigenvalue weighted by Gasteiger charge is 2.52. The third-order valence-corrected chi connectivity index (χ3v) is 7.77. The number of benzene rings is 2. The Morgan fingerprint density at radius 1 is 0.792 bits per heavy atom. The van der Waals surface area contributed by atoms with Gasteiger partial charge in [0.15, 0.2) is 24.5 Å². The van der Waals surface area contributed by atoms with E-state index in [1.807, 2.05) is 48.5 Å². The number of fused-ring (bicyclic) bond motifs is 3. The Bertz CT molecular complexity index is 1500. The van der Waals surface area contributed by atoms with Crippen LogP contribution in [0.15, 0.2) is 48.5 Å². The van der Waals surface area contributed by atoms with E-state index in [-0.39, 0.29) is 12.5 Å². The molecular formula is C33H38N2O13. The molecule has 258 valence electrons. The lowest BCUT2D eigenvalue weighted by Crippen LogP contribution is -2.67. The molecule has 1 fully saturated rings. The quantitative estimate of drug-likeness (QED) is 0.219. The molecule has 0 saturated carbocycles. The molecule has 2 amide bonds. The van der Waals surface area contributed by atoms with Crippen LogP contribution in [0.3, 0.4) is 0 Å². The SMILES string of the molecule is CC(=O)N[C@H]1C(O[C@H](C)[C@H](NC(=O)OCC2c3ccccc3-c3ccccc32)C(=O)O)O[C@H](COC(C)=O)[C@H](OC(C)=O)[C@@H]1OC(C)=O. The molecule has 1 aliphatic carbocycles. The number of carbonyl (C=O) groups is 6. The van der Waals surface area contributed by atoms with Gasteiger partial charge in [0.1, 0.15) is 25.4 Å². The van der Waals surface area contributed by atoms with E-state index in [9.17, 15) is 33.9 Å². The molecule has 2 aromatic rings. The summed E-state index contributed by atoms with van der Waals surface area (Å²) in [6.07, 6.45) is -7.98. The van der Waals surface area contributed by atoms with E-state index in [1.165, 1.54) is 6.92 Å². The number of carboxylic acid groups (broad SMARTS) is 1. The van der Waals surface area contributed by atoms with E-state index >= 15 is 0 Å². The normalized spacial score (nSPS) is 22.6. The fraction of sp³-hybridized carbons (Fsp3) is 0.455. The minimum Gasteiger partial charge on any atom is -0.480 e. The molecule has 7 atom stereocenters. The van der Waals surface area contributed by atoms with E-state index in [1.54, 1.807) is 0 Å². The van der Waals surface area contributed by atoms with Crippen LogP contribution in [0.5, 0.6) is 0 Å². The molecule has 2 aromatic carbocycles. The molecule has 1 heterocycles. The predicted molar refractivity (Wildman–Crippen MR) is 164 cm³/mol. The van der Waals surface area contributed by atoms with Crippen LogP contribution in [0.25, 0.3) is 11.1 Å². The summed E-state index contributed by atoms with van der Waals surface area (Å²) in [5.41, 5.74) is 3.97. The van der Waals surface area contributed by atoms with Gasteiger partial charge in [0.25, 0.3) is 0 Å². The van der Waals surface area contributed by atoms with Crippen LogP contribution in [0.4, 0.5) is 4.79 Å². The number of esters is 3. The van der Waals surface area contributed by atoms with Crippen molar-refractivity contribution in [3.8, 4) is 11.1 Å². The zero-order valence-electron chi connectivity index (χ0n) is 27.0. The second-order valence-corrected chi connectivity index (χ2v) is 11.3. The fourth-order valence-electron chi connectivity index (χ4n) is 5.84. The Kier molecular flexibility index (Phi) is 11.7. The molecule has 15 heteroatoms. The summed E-state index contributed by atoms with van der Waals surface area (Å²) in [4.78, 5) is 73.2. The van der Waals surface area contributed by atoms with Crippen LogP contribution in [-0.2, 0) is 52.4 Å². The van der Waals surface area contributed by atoms with Gasteiger partial charge < -0.3 is 44.2 Å². The van der Waals surface area contributed by atoms with Crippen molar-refractivity contribution in [1.82, 2.24) is 10.6 Å². The molecule has 15 nitrogen and oxygen atoms in total. The number of amides is 2. The molecule has 1 saturated heterocycles. The summed E-state index contributed by atoms with van der Waals surface area (Å²) in [6.45, 7) is 5.26. The first-order valence-electron chi connectivity index (χ1n) is 15.2. The lowest BCUT2D eigenvalue weighted by molar-refractivity contribution is -0.287. The number of carbonyl (C=O) groups excluding carboxylic acids is 5.